The first kappa shape index (κ1) is 38.1. The molecular formula is C43H46F6N4. The van der Waals surface area contributed by atoms with Gasteiger partial charge in [0, 0.05) is 16.2 Å². The highest BCUT2D eigenvalue weighted by molar-refractivity contribution is 5.86. The second kappa shape index (κ2) is 12.2. The molecule has 0 amide bonds. The van der Waals surface area contributed by atoms with E-state index in [4.69, 9.17) is 9.97 Å². The molecule has 2 heterocycles. The van der Waals surface area contributed by atoms with E-state index in [9.17, 15) is 26.3 Å². The summed E-state index contributed by atoms with van der Waals surface area (Å²) >= 11 is 0. The van der Waals surface area contributed by atoms with Gasteiger partial charge in [0.15, 0.2) is 0 Å². The number of aromatic amines is 2. The van der Waals surface area contributed by atoms with Gasteiger partial charge in [0.25, 0.3) is 0 Å². The Kier molecular flexibility index (Phi) is 8.79. The van der Waals surface area contributed by atoms with Gasteiger partial charge in [0.1, 0.15) is 11.6 Å². The highest BCUT2D eigenvalue weighted by atomic mass is 19.4. The van der Waals surface area contributed by atoms with Gasteiger partial charge >= 0.3 is 12.4 Å². The van der Waals surface area contributed by atoms with E-state index in [1.165, 1.54) is 24.3 Å². The van der Waals surface area contributed by atoms with Crippen molar-refractivity contribution in [2.45, 2.75) is 109 Å². The summed E-state index contributed by atoms with van der Waals surface area (Å²) in [6.07, 6.45) is -11.3. The van der Waals surface area contributed by atoms with Crippen LogP contribution >= 0.6 is 0 Å². The molecule has 6 aromatic rings. The Balaban J connectivity index is 1.35. The summed E-state index contributed by atoms with van der Waals surface area (Å²) in [5.74, 6) is 1.54. The molecule has 0 saturated heterocycles. The van der Waals surface area contributed by atoms with Crippen LogP contribution < -0.4 is 0 Å². The number of aromatic nitrogens is 4. The van der Waals surface area contributed by atoms with Crippen LogP contribution in [0.2, 0.25) is 0 Å². The number of nitrogens with one attached hydrogen (secondary N) is 2. The van der Waals surface area contributed by atoms with E-state index in [-0.39, 0.29) is 5.41 Å². The van der Waals surface area contributed by atoms with Gasteiger partial charge in [-0.25, -0.2) is 9.97 Å². The monoisotopic (exact) mass is 732 g/mol. The fourth-order valence-electron chi connectivity index (χ4n) is 7.03. The summed E-state index contributed by atoms with van der Waals surface area (Å²) < 4.78 is 89.6. The molecule has 0 bridgehead atoms. The number of fused-ring (bicyclic) bond motifs is 2. The number of halogens is 6. The zero-order valence-electron chi connectivity index (χ0n) is 31.7. The molecule has 53 heavy (non-hydrogen) atoms. The second-order valence-electron chi connectivity index (χ2n) is 17.3. The molecule has 0 fully saturated rings. The Labute approximate surface area is 306 Å². The summed E-state index contributed by atoms with van der Waals surface area (Å²) in [7, 11) is 0. The SMILES string of the molecule is CC(C)(C)c1ccc(C(c2ccc(C(C)(C)C(C)(C)c3nc4ccc(-c5ccc6nc(C(C)(C)C)[nH]c6c5)cc4[nH]3)cc2)(C(F)(F)F)C(F)(F)F)cc1. The number of rotatable bonds is 6. The van der Waals surface area contributed by atoms with Crippen LogP contribution in [0.25, 0.3) is 33.2 Å². The first-order valence-corrected chi connectivity index (χ1v) is 17.6. The Morgan fingerprint density at radius 1 is 0.415 bits per heavy atom. The van der Waals surface area contributed by atoms with Crippen molar-refractivity contribution in [3.05, 3.63) is 119 Å². The number of hydrogen-bond donors (Lipinski definition) is 2. The number of imidazole rings is 2. The van der Waals surface area contributed by atoms with Crippen molar-refractivity contribution in [1.29, 1.82) is 0 Å². The number of hydrogen-bond acceptors (Lipinski definition) is 2. The molecule has 0 atom stereocenters. The highest BCUT2D eigenvalue weighted by Gasteiger charge is 2.72. The molecule has 0 spiro atoms. The third-order valence-electron chi connectivity index (χ3n) is 11.2. The zero-order valence-corrected chi connectivity index (χ0v) is 31.7. The summed E-state index contributed by atoms with van der Waals surface area (Å²) in [6, 6.07) is 21.3. The summed E-state index contributed by atoms with van der Waals surface area (Å²) in [4.78, 5) is 16.5. The van der Waals surface area contributed by atoms with Crippen molar-refractivity contribution >= 4 is 22.1 Å². The predicted molar refractivity (Wildman–Crippen MR) is 200 cm³/mol. The van der Waals surface area contributed by atoms with Crippen molar-refractivity contribution in [1.82, 2.24) is 19.9 Å². The average molecular weight is 733 g/mol. The molecule has 0 radical (unpaired) electrons. The minimum Gasteiger partial charge on any atom is -0.342 e. The lowest BCUT2D eigenvalue weighted by molar-refractivity contribution is -0.288. The van der Waals surface area contributed by atoms with E-state index < -0.39 is 45.1 Å². The topological polar surface area (TPSA) is 57.4 Å². The van der Waals surface area contributed by atoms with Crippen LogP contribution in [0.1, 0.15) is 103 Å². The molecule has 0 unspecified atom stereocenters. The van der Waals surface area contributed by atoms with Crippen molar-refractivity contribution in [2.75, 3.05) is 0 Å². The van der Waals surface area contributed by atoms with Gasteiger partial charge < -0.3 is 9.97 Å². The lowest BCUT2D eigenvalue weighted by atomic mass is 9.63. The van der Waals surface area contributed by atoms with Gasteiger partial charge in [-0.05, 0) is 63.1 Å². The Bertz CT molecular complexity index is 2260. The Hall–Kier alpha value is -4.60. The summed E-state index contributed by atoms with van der Waals surface area (Å²) in [5, 5.41) is 0. The normalized spacial score (nSPS) is 14.0. The zero-order chi connectivity index (χ0) is 39.2. The Morgan fingerprint density at radius 2 is 0.792 bits per heavy atom. The summed E-state index contributed by atoms with van der Waals surface area (Å²) in [5.41, 5.74) is -1.56. The minimum atomic E-state index is -5.67. The van der Waals surface area contributed by atoms with Crippen molar-refractivity contribution in [3.63, 3.8) is 0 Å². The van der Waals surface area contributed by atoms with Crippen LogP contribution in [-0.2, 0) is 27.1 Å². The molecule has 2 aromatic heterocycles. The van der Waals surface area contributed by atoms with Crippen molar-refractivity contribution < 1.29 is 26.3 Å². The molecular weight excluding hydrogens is 686 g/mol. The second-order valence-corrected chi connectivity index (χ2v) is 17.3. The molecule has 0 aliphatic heterocycles. The predicted octanol–water partition coefficient (Wildman–Crippen LogP) is 12.4. The van der Waals surface area contributed by atoms with Crippen LogP contribution in [0, 0.1) is 0 Å². The number of benzene rings is 4. The molecule has 280 valence electrons. The van der Waals surface area contributed by atoms with Crippen LogP contribution in [0.5, 0.6) is 0 Å². The molecule has 2 N–H and O–H groups in total. The van der Waals surface area contributed by atoms with Gasteiger partial charge in [-0.1, -0.05) is 130 Å². The smallest absolute Gasteiger partial charge is 0.342 e. The third-order valence-corrected chi connectivity index (χ3v) is 11.2. The van der Waals surface area contributed by atoms with Crippen LogP contribution in [0.3, 0.4) is 0 Å². The standard InChI is InChI=1S/C43H46F6N4/c1-37(2,3)27-13-17-29(18-14-27)41(42(44,45)46,43(47,48)49)30-19-15-28(16-20-30)39(7,8)40(9,10)36-51-32-22-12-26(24-34(32)53-36)25-11-21-31-33(23-25)52-35(50-31)38(4,5)6/h11-24H,1-10H3,(H,50,52)(H,51,53). The van der Waals surface area contributed by atoms with Crippen LogP contribution in [0.4, 0.5) is 26.3 Å². The van der Waals surface area contributed by atoms with Crippen LogP contribution in [0.15, 0.2) is 84.9 Å². The maximum absolute atomic E-state index is 14.9. The fourth-order valence-corrected chi connectivity index (χ4v) is 7.03. The molecule has 0 aliphatic carbocycles. The van der Waals surface area contributed by atoms with Gasteiger partial charge in [0.05, 0.1) is 22.1 Å². The minimum absolute atomic E-state index is 0.122. The van der Waals surface area contributed by atoms with Crippen LogP contribution in [-0.4, -0.2) is 32.3 Å². The third kappa shape index (κ3) is 6.31. The molecule has 0 aliphatic rings. The number of alkyl halides is 6. The fraction of sp³-hybridized carbons (Fsp3) is 0.395. The van der Waals surface area contributed by atoms with Crippen molar-refractivity contribution in [2.24, 2.45) is 0 Å². The van der Waals surface area contributed by atoms with E-state index in [0.717, 1.165) is 63.3 Å². The molecule has 6 rings (SSSR count). The molecule has 10 heteroatoms. The van der Waals surface area contributed by atoms with Gasteiger partial charge in [-0.3, -0.25) is 0 Å². The first-order valence-electron chi connectivity index (χ1n) is 17.6. The van der Waals surface area contributed by atoms with Crippen molar-refractivity contribution in [3.8, 4) is 11.1 Å². The molecule has 4 nitrogen and oxygen atoms in total. The maximum Gasteiger partial charge on any atom is 0.411 e. The lowest BCUT2D eigenvalue weighted by Crippen LogP contribution is -2.54. The van der Waals surface area contributed by atoms with E-state index in [1.54, 1.807) is 0 Å². The Morgan fingerprint density at radius 3 is 1.19 bits per heavy atom. The average Bonchev–Trinajstić information content (AvgIpc) is 3.68. The van der Waals surface area contributed by atoms with E-state index in [0.29, 0.717) is 17.0 Å². The van der Waals surface area contributed by atoms with Gasteiger partial charge in [-0.15, -0.1) is 0 Å². The van der Waals surface area contributed by atoms with Gasteiger partial charge in [0.2, 0.25) is 5.41 Å². The summed E-state index contributed by atoms with van der Waals surface area (Å²) in [6.45, 7) is 19.6. The van der Waals surface area contributed by atoms with Gasteiger partial charge in [-0.2, -0.15) is 26.3 Å². The van der Waals surface area contributed by atoms with E-state index in [2.05, 4.69) is 36.8 Å². The lowest BCUT2D eigenvalue weighted by Gasteiger charge is -2.42. The number of nitrogens with zero attached hydrogens (tertiary/aromatic N) is 2. The largest absolute Gasteiger partial charge is 0.411 e. The molecule has 0 saturated carbocycles. The number of H-pyrrole nitrogens is 2. The highest BCUT2D eigenvalue weighted by Crippen LogP contribution is 2.57. The van der Waals surface area contributed by atoms with E-state index in [1.807, 2.05) is 78.8 Å². The molecule has 4 aromatic carbocycles. The first-order chi connectivity index (χ1) is 24.3. The quantitative estimate of drug-likeness (QED) is 0.168. The maximum atomic E-state index is 14.9. The van der Waals surface area contributed by atoms with E-state index >= 15 is 0 Å².